The summed E-state index contributed by atoms with van der Waals surface area (Å²) in [5.74, 6) is 0.388. The fourth-order valence-electron chi connectivity index (χ4n) is 3.17. The Hall–Kier alpha value is -4.27. The van der Waals surface area contributed by atoms with E-state index in [1.54, 1.807) is 53.2 Å². The van der Waals surface area contributed by atoms with Crippen molar-refractivity contribution in [3.05, 3.63) is 78.6 Å². The summed E-state index contributed by atoms with van der Waals surface area (Å²) in [6.45, 7) is 0. The van der Waals surface area contributed by atoms with Crippen LogP contribution in [0.4, 0.5) is 15.9 Å². The van der Waals surface area contributed by atoms with Gasteiger partial charge in [-0.15, -0.1) is 0 Å². The van der Waals surface area contributed by atoms with Crippen molar-refractivity contribution in [2.45, 2.75) is 12.8 Å². The summed E-state index contributed by atoms with van der Waals surface area (Å²) in [6, 6.07) is 14.4. The predicted molar refractivity (Wildman–Crippen MR) is 115 cm³/mol. The Labute approximate surface area is 182 Å². The van der Waals surface area contributed by atoms with Gasteiger partial charge < -0.3 is 19.8 Å². The second-order valence-electron chi connectivity index (χ2n) is 7.45. The lowest BCUT2D eigenvalue weighted by Gasteiger charge is -2.09. The van der Waals surface area contributed by atoms with Crippen LogP contribution in [0.2, 0.25) is 0 Å². The molecule has 0 spiro atoms. The lowest BCUT2D eigenvalue weighted by atomic mass is 10.2. The minimum Gasteiger partial charge on any atom is -0.456 e. The molecule has 1 aromatic carbocycles. The molecule has 1 saturated carbocycles. The van der Waals surface area contributed by atoms with Crippen molar-refractivity contribution in [2.24, 2.45) is 5.92 Å². The molecule has 1 fully saturated rings. The first-order valence-electron chi connectivity index (χ1n) is 10.0. The lowest BCUT2D eigenvalue weighted by molar-refractivity contribution is -0.117. The summed E-state index contributed by atoms with van der Waals surface area (Å²) in [6.07, 6.45) is 5.33. The minimum absolute atomic E-state index is 0.00261. The van der Waals surface area contributed by atoms with Gasteiger partial charge in [-0.1, -0.05) is 12.1 Å². The zero-order valence-corrected chi connectivity index (χ0v) is 16.8. The summed E-state index contributed by atoms with van der Waals surface area (Å²) in [7, 11) is 0. The molecule has 0 aliphatic heterocycles. The lowest BCUT2D eigenvalue weighted by Crippen LogP contribution is -2.14. The van der Waals surface area contributed by atoms with Crippen molar-refractivity contribution in [1.82, 2.24) is 14.4 Å². The number of nitrogens with one attached hydrogen (secondary N) is 2. The zero-order chi connectivity index (χ0) is 22.1. The Morgan fingerprint density at radius 3 is 2.62 bits per heavy atom. The Morgan fingerprint density at radius 1 is 0.969 bits per heavy atom. The number of fused-ring (bicyclic) bond motifs is 1. The molecule has 0 saturated heterocycles. The molecule has 9 heteroatoms. The molecule has 32 heavy (non-hydrogen) atoms. The van der Waals surface area contributed by atoms with Gasteiger partial charge >= 0.3 is 0 Å². The first kappa shape index (κ1) is 19.7. The van der Waals surface area contributed by atoms with Gasteiger partial charge in [0.1, 0.15) is 22.8 Å². The molecule has 1 aliphatic rings. The molecule has 2 amide bonds. The highest BCUT2D eigenvalue weighted by atomic mass is 19.1. The van der Waals surface area contributed by atoms with Crippen LogP contribution < -0.4 is 15.4 Å². The number of nitrogens with zero attached hydrogens (tertiary/aromatic N) is 3. The molecule has 3 heterocycles. The maximum Gasteiger partial charge on any atom is 0.274 e. The molecule has 0 atom stereocenters. The predicted octanol–water partition coefficient (Wildman–Crippen LogP) is 4.26. The first-order valence-corrected chi connectivity index (χ1v) is 10.0. The molecular formula is C23H18FN5O3. The summed E-state index contributed by atoms with van der Waals surface area (Å²) in [4.78, 5) is 32.2. The number of rotatable bonds is 6. The monoisotopic (exact) mass is 431 g/mol. The highest BCUT2D eigenvalue weighted by Crippen LogP contribution is 2.30. The molecule has 1 aliphatic carbocycles. The van der Waals surface area contributed by atoms with E-state index in [2.05, 4.69) is 20.6 Å². The van der Waals surface area contributed by atoms with Gasteiger partial charge in [0, 0.05) is 17.7 Å². The number of carbonyl (C=O) groups is 2. The molecule has 160 valence electrons. The third-order valence-electron chi connectivity index (χ3n) is 4.90. The van der Waals surface area contributed by atoms with E-state index in [4.69, 9.17) is 4.74 Å². The third-order valence-corrected chi connectivity index (χ3v) is 4.90. The van der Waals surface area contributed by atoms with Crippen LogP contribution in [0.1, 0.15) is 23.3 Å². The van der Waals surface area contributed by atoms with Gasteiger partial charge in [-0.3, -0.25) is 9.59 Å². The summed E-state index contributed by atoms with van der Waals surface area (Å²) >= 11 is 0. The van der Waals surface area contributed by atoms with Gasteiger partial charge in [-0.2, -0.15) is 4.39 Å². The smallest absolute Gasteiger partial charge is 0.274 e. The normalized spacial score (nSPS) is 13.0. The number of aromatic nitrogens is 3. The first-order chi connectivity index (χ1) is 15.5. The molecule has 8 nitrogen and oxygen atoms in total. The highest BCUT2D eigenvalue weighted by molar-refractivity contribution is 6.02. The Bertz CT molecular complexity index is 1330. The van der Waals surface area contributed by atoms with E-state index in [9.17, 15) is 14.0 Å². The highest BCUT2D eigenvalue weighted by Gasteiger charge is 2.30. The average molecular weight is 431 g/mol. The molecule has 2 N–H and O–H groups in total. The van der Waals surface area contributed by atoms with Gasteiger partial charge in [-0.05, 0) is 49.2 Å². The van der Waals surface area contributed by atoms with E-state index in [-0.39, 0.29) is 17.5 Å². The summed E-state index contributed by atoms with van der Waals surface area (Å²) < 4.78 is 20.9. The van der Waals surface area contributed by atoms with E-state index in [0.717, 1.165) is 12.8 Å². The van der Waals surface area contributed by atoms with Gasteiger partial charge in [0.15, 0.2) is 5.82 Å². The summed E-state index contributed by atoms with van der Waals surface area (Å²) in [5.41, 5.74) is 1.13. The molecule has 0 unspecified atom stereocenters. The van der Waals surface area contributed by atoms with Crippen LogP contribution >= 0.6 is 0 Å². The van der Waals surface area contributed by atoms with Crippen LogP contribution in [0.25, 0.3) is 5.65 Å². The van der Waals surface area contributed by atoms with Crippen LogP contribution in [0.3, 0.4) is 0 Å². The van der Waals surface area contributed by atoms with Crippen LogP contribution in [0, 0.1) is 11.9 Å². The van der Waals surface area contributed by atoms with Crippen LogP contribution in [-0.4, -0.2) is 26.2 Å². The van der Waals surface area contributed by atoms with Crippen molar-refractivity contribution in [3.8, 4) is 11.5 Å². The topological polar surface area (TPSA) is 97.6 Å². The standard InChI is InChI=1S/C23H18FN5O3/c24-19-6-2-5-18(26-19)23(31)25-15-3-1-4-16(11-15)32-17-9-10-21-27-20(13-29(21)12-17)28-22(30)14-7-8-14/h1-6,9-14H,7-8H2,(H,25,31)(H,28,30). The van der Waals surface area contributed by atoms with Crippen LogP contribution in [0.15, 0.2) is 67.0 Å². The van der Waals surface area contributed by atoms with E-state index in [1.165, 1.54) is 18.2 Å². The number of hydrogen-bond donors (Lipinski definition) is 2. The number of imidazole rings is 1. The number of ether oxygens (including phenoxy) is 1. The van der Waals surface area contributed by atoms with Gasteiger partial charge in [0.05, 0.1) is 12.4 Å². The maximum absolute atomic E-state index is 13.2. The van der Waals surface area contributed by atoms with Crippen molar-refractivity contribution in [2.75, 3.05) is 10.6 Å². The number of carbonyl (C=O) groups excluding carboxylic acids is 2. The van der Waals surface area contributed by atoms with Crippen molar-refractivity contribution in [3.63, 3.8) is 0 Å². The van der Waals surface area contributed by atoms with E-state index in [1.807, 2.05) is 0 Å². The SMILES string of the molecule is O=C(Nc1cccc(Oc2ccc3nc(NC(=O)C4CC4)cn3c2)c1)c1cccc(F)n1. The second kappa shape index (κ2) is 8.10. The average Bonchev–Trinajstić information content (AvgIpc) is 3.55. The van der Waals surface area contributed by atoms with E-state index in [0.29, 0.717) is 28.7 Å². The number of anilines is 2. The van der Waals surface area contributed by atoms with Crippen molar-refractivity contribution < 1.29 is 18.7 Å². The number of hydrogen-bond acceptors (Lipinski definition) is 5. The van der Waals surface area contributed by atoms with Crippen LogP contribution in [-0.2, 0) is 4.79 Å². The minimum atomic E-state index is -0.722. The summed E-state index contributed by atoms with van der Waals surface area (Å²) in [5, 5.41) is 5.50. The van der Waals surface area contributed by atoms with Crippen molar-refractivity contribution >= 4 is 29.0 Å². The van der Waals surface area contributed by atoms with Gasteiger partial charge in [0.25, 0.3) is 5.91 Å². The number of pyridine rings is 2. The fraction of sp³-hybridized carbons (Fsp3) is 0.130. The molecule has 4 aromatic rings. The number of amides is 2. The number of halogens is 1. The quantitative estimate of drug-likeness (QED) is 0.445. The van der Waals surface area contributed by atoms with Gasteiger partial charge in [0.2, 0.25) is 11.9 Å². The molecule has 0 radical (unpaired) electrons. The second-order valence-corrected chi connectivity index (χ2v) is 7.45. The Balaban J connectivity index is 1.29. The fourth-order valence-corrected chi connectivity index (χ4v) is 3.17. The van der Waals surface area contributed by atoms with E-state index >= 15 is 0 Å². The van der Waals surface area contributed by atoms with Crippen LogP contribution in [0.5, 0.6) is 11.5 Å². The Kier molecular flexibility index (Phi) is 4.98. The molecular weight excluding hydrogens is 413 g/mol. The molecule has 0 bridgehead atoms. The van der Waals surface area contributed by atoms with Crippen molar-refractivity contribution in [1.29, 1.82) is 0 Å². The molecule has 3 aromatic heterocycles. The number of benzene rings is 1. The Morgan fingerprint density at radius 2 is 1.81 bits per heavy atom. The third kappa shape index (κ3) is 4.41. The maximum atomic E-state index is 13.2. The van der Waals surface area contributed by atoms with Gasteiger partial charge in [-0.25, -0.2) is 9.97 Å². The molecule has 5 rings (SSSR count). The van der Waals surface area contributed by atoms with E-state index < -0.39 is 11.9 Å². The zero-order valence-electron chi connectivity index (χ0n) is 16.8. The largest absolute Gasteiger partial charge is 0.456 e.